The van der Waals surface area contributed by atoms with Crippen LogP contribution in [0.1, 0.15) is 16.9 Å². The molecular formula is C12H16O5S. The molecule has 0 saturated heterocycles. The molecular weight excluding hydrogens is 256 g/mol. The molecule has 1 aromatic heterocycles. The Morgan fingerprint density at radius 3 is 2.39 bits per heavy atom. The summed E-state index contributed by atoms with van der Waals surface area (Å²) in [6.07, 6.45) is 0.949. The fraction of sp³-hybridized carbons (Fsp3) is 0.500. The molecule has 0 spiro atoms. The van der Waals surface area contributed by atoms with Crippen LogP contribution in [0.3, 0.4) is 0 Å². The Hall–Kier alpha value is -1.56. The first-order valence-electron chi connectivity index (χ1n) is 5.39. The monoisotopic (exact) mass is 272 g/mol. The van der Waals surface area contributed by atoms with E-state index in [0.29, 0.717) is 12.2 Å². The second-order valence-corrected chi connectivity index (χ2v) is 4.50. The predicted molar refractivity (Wildman–Crippen MR) is 66.9 cm³/mol. The molecule has 0 radical (unpaired) electrons. The third-order valence-corrected chi connectivity index (χ3v) is 3.51. The Balaban J connectivity index is 2.81. The summed E-state index contributed by atoms with van der Waals surface area (Å²) >= 11 is 1.43. The van der Waals surface area contributed by atoms with Crippen LogP contribution in [0.2, 0.25) is 0 Å². The van der Waals surface area contributed by atoms with E-state index >= 15 is 0 Å². The quantitative estimate of drug-likeness (QED) is 0.736. The van der Waals surface area contributed by atoms with Crippen LogP contribution in [0.5, 0.6) is 5.75 Å². The van der Waals surface area contributed by atoms with Crippen molar-refractivity contribution in [2.24, 2.45) is 0 Å². The smallest absolute Gasteiger partial charge is 0.310 e. The summed E-state index contributed by atoms with van der Waals surface area (Å²) in [7, 11) is 4.26. The van der Waals surface area contributed by atoms with Gasteiger partial charge in [-0.2, -0.15) is 0 Å². The second kappa shape index (κ2) is 7.00. The fourth-order valence-corrected chi connectivity index (χ4v) is 2.55. The Bertz CT molecular complexity index is 424. The topological polar surface area (TPSA) is 61.8 Å². The zero-order chi connectivity index (χ0) is 13.5. The van der Waals surface area contributed by atoms with Crippen molar-refractivity contribution in [1.29, 1.82) is 0 Å². The molecule has 0 fully saturated rings. The number of methoxy groups -OCH3 is 3. The fourth-order valence-electron chi connectivity index (χ4n) is 1.52. The third kappa shape index (κ3) is 3.73. The molecule has 1 heterocycles. The Morgan fingerprint density at radius 1 is 1.17 bits per heavy atom. The minimum absolute atomic E-state index is 0.195. The van der Waals surface area contributed by atoms with Crippen molar-refractivity contribution < 1.29 is 23.8 Å². The van der Waals surface area contributed by atoms with Gasteiger partial charge in [0.2, 0.25) is 0 Å². The zero-order valence-corrected chi connectivity index (χ0v) is 11.5. The van der Waals surface area contributed by atoms with Crippen LogP contribution in [0.15, 0.2) is 5.38 Å². The van der Waals surface area contributed by atoms with Crippen molar-refractivity contribution in [1.82, 2.24) is 0 Å². The van der Waals surface area contributed by atoms with Gasteiger partial charge in [-0.25, -0.2) is 0 Å². The van der Waals surface area contributed by atoms with E-state index in [1.54, 1.807) is 7.11 Å². The van der Waals surface area contributed by atoms with Gasteiger partial charge in [0.15, 0.2) is 0 Å². The van der Waals surface area contributed by atoms with Crippen LogP contribution < -0.4 is 4.74 Å². The van der Waals surface area contributed by atoms with Crippen molar-refractivity contribution in [3.05, 3.63) is 15.8 Å². The highest BCUT2D eigenvalue weighted by atomic mass is 32.1. The van der Waals surface area contributed by atoms with E-state index in [0.717, 1.165) is 10.4 Å². The van der Waals surface area contributed by atoms with Crippen LogP contribution in [-0.4, -0.2) is 33.3 Å². The van der Waals surface area contributed by atoms with Crippen molar-refractivity contribution in [2.45, 2.75) is 19.3 Å². The first-order chi connectivity index (χ1) is 8.62. The molecule has 0 bridgehead atoms. The molecule has 0 unspecified atom stereocenters. The van der Waals surface area contributed by atoms with Crippen LogP contribution in [-0.2, 0) is 31.9 Å². The second-order valence-electron chi connectivity index (χ2n) is 3.53. The number of thiophene rings is 1. The maximum atomic E-state index is 11.3. The summed E-state index contributed by atoms with van der Waals surface area (Å²) in [5.41, 5.74) is 0.873. The number of carbonyl (C=O) groups is 2. The van der Waals surface area contributed by atoms with E-state index in [1.807, 2.05) is 5.38 Å². The van der Waals surface area contributed by atoms with Crippen molar-refractivity contribution in [3.63, 3.8) is 0 Å². The molecule has 18 heavy (non-hydrogen) atoms. The van der Waals surface area contributed by atoms with Gasteiger partial charge in [-0.15, -0.1) is 11.3 Å². The van der Waals surface area contributed by atoms with Gasteiger partial charge in [0, 0.05) is 22.2 Å². The molecule has 0 atom stereocenters. The van der Waals surface area contributed by atoms with Crippen LogP contribution >= 0.6 is 11.3 Å². The van der Waals surface area contributed by atoms with Crippen LogP contribution in [0.25, 0.3) is 0 Å². The van der Waals surface area contributed by atoms with Gasteiger partial charge >= 0.3 is 11.9 Å². The highest BCUT2D eigenvalue weighted by Crippen LogP contribution is 2.31. The summed E-state index contributed by atoms with van der Waals surface area (Å²) in [5, 5.41) is 1.82. The number of hydrogen-bond acceptors (Lipinski definition) is 6. The average Bonchev–Trinajstić information content (AvgIpc) is 2.77. The molecule has 1 rings (SSSR count). The molecule has 0 aliphatic rings. The number of rotatable bonds is 6. The molecule has 5 nitrogen and oxygen atoms in total. The van der Waals surface area contributed by atoms with E-state index in [4.69, 9.17) is 4.74 Å². The van der Waals surface area contributed by atoms with E-state index in [2.05, 4.69) is 9.47 Å². The molecule has 0 amide bonds. The number of hydrogen-bond donors (Lipinski definition) is 0. The highest BCUT2D eigenvalue weighted by molar-refractivity contribution is 7.10. The molecule has 0 aliphatic carbocycles. The summed E-state index contributed by atoms with van der Waals surface area (Å²) in [5.74, 6) is 0.105. The predicted octanol–water partition coefficient (Wildman–Crippen LogP) is 1.58. The first kappa shape index (κ1) is 14.5. The highest BCUT2D eigenvalue weighted by Gasteiger charge is 2.16. The van der Waals surface area contributed by atoms with Crippen LogP contribution in [0, 0.1) is 0 Å². The van der Waals surface area contributed by atoms with Gasteiger partial charge in [0.05, 0.1) is 27.8 Å². The lowest BCUT2D eigenvalue weighted by Crippen LogP contribution is -2.07. The lowest BCUT2D eigenvalue weighted by molar-refractivity contribution is -0.140. The van der Waals surface area contributed by atoms with Gasteiger partial charge in [-0.3, -0.25) is 9.59 Å². The SMILES string of the molecule is COC(=O)CCc1c(OC)csc1CC(=O)OC. The Morgan fingerprint density at radius 2 is 1.83 bits per heavy atom. The third-order valence-electron chi connectivity index (χ3n) is 2.50. The van der Waals surface area contributed by atoms with E-state index in [-0.39, 0.29) is 24.8 Å². The Labute approximate surface area is 110 Å². The van der Waals surface area contributed by atoms with Gasteiger partial charge in [-0.1, -0.05) is 0 Å². The van der Waals surface area contributed by atoms with E-state index < -0.39 is 0 Å². The summed E-state index contributed by atoms with van der Waals surface area (Å²) < 4.78 is 14.4. The minimum Gasteiger partial charge on any atom is -0.496 e. The summed E-state index contributed by atoms with van der Waals surface area (Å²) in [6.45, 7) is 0. The molecule has 0 aromatic carbocycles. The van der Waals surface area contributed by atoms with Crippen molar-refractivity contribution >= 4 is 23.3 Å². The maximum absolute atomic E-state index is 11.3. The van der Waals surface area contributed by atoms with Crippen LogP contribution in [0.4, 0.5) is 0 Å². The average molecular weight is 272 g/mol. The lowest BCUT2D eigenvalue weighted by Gasteiger charge is -2.05. The number of esters is 2. The molecule has 0 saturated carbocycles. The summed E-state index contributed by atoms with van der Waals surface area (Å²) in [4.78, 5) is 23.3. The van der Waals surface area contributed by atoms with E-state index in [1.165, 1.54) is 25.6 Å². The molecule has 0 N–H and O–H groups in total. The first-order valence-corrected chi connectivity index (χ1v) is 6.27. The van der Waals surface area contributed by atoms with Gasteiger partial charge in [0.1, 0.15) is 5.75 Å². The van der Waals surface area contributed by atoms with Crippen molar-refractivity contribution in [3.8, 4) is 5.75 Å². The lowest BCUT2D eigenvalue weighted by atomic mass is 10.1. The molecule has 100 valence electrons. The minimum atomic E-state index is -0.307. The molecule has 1 aromatic rings. The molecule has 0 aliphatic heterocycles. The molecule has 6 heteroatoms. The van der Waals surface area contributed by atoms with Gasteiger partial charge < -0.3 is 14.2 Å². The normalized spacial score (nSPS) is 9.94. The number of ether oxygens (including phenoxy) is 3. The largest absolute Gasteiger partial charge is 0.496 e. The van der Waals surface area contributed by atoms with E-state index in [9.17, 15) is 9.59 Å². The van der Waals surface area contributed by atoms with Gasteiger partial charge in [-0.05, 0) is 6.42 Å². The maximum Gasteiger partial charge on any atom is 0.310 e. The number of carbonyl (C=O) groups excluding carboxylic acids is 2. The Kier molecular flexibility index (Phi) is 5.64. The zero-order valence-electron chi connectivity index (χ0n) is 10.6. The van der Waals surface area contributed by atoms with Crippen molar-refractivity contribution in [2.75, 3.05) is 21.3 Å². The standard InChI is InChI=1S/C12H16O5S/c1-15-9-7-18-10(6-12(14)17-3)8(9)4-5-11(13)16-2/h7H,4-6H2,1-3H3. The van der Waals surface area contributed by atoms with Gasteiger partial charge in [0.25, 0.3) is 0 Å². The summed E-state index contributed by atoms with van der Waals surface area (Å²) in [6, 6.07) is 0.